The van der Waals surface area contributed by atoms with Crippen LogP contribution in [0.2, 0.25) is 5.02 Å². The van der Waals surface area contributed by atoms with E-state index < -0.39 is 11.9 Å². The van der Waals surface area contributed by atoms with Gasteiger partial charge in [0.05, 0.1) is 13.0 Å². The van der Waals surface area contributed by atoms with Gasteiger partial charge in [0.25, 0.3) is 0 Å². The first kappa shape index (κ1) is 12.8. The fourth-order valence-corrected chi connectivity index (χ4v) is 1.80. The van der Waals surface area contributed by atoms with Gasteiger partial charge in [0.1, 0.15) is 5.75 Å². The second-order valence-electron chi connectivity index (χ2n) is 3.36. The number of halogens is 1. The monoisotopic (exact) mass is 243 g/mol. The molecule has 0 aliphatic carbocycles. The van der Waals surface area contributed by atoms with Gasteiger partial charge in [-0.1, -0.05) is 17.7 Å². The molecule has 1 atom stereocenters. The van der Waals surface area contributed by atoms with Crippen LogP contribution in [0, 0.1) is 0 Å². The van der Waals surface area contributed by atoms with E-state index in [2.05, 4.69) is 0 Å². The molecule has 0 bridgehead atoms. The Labute approximate surface area is 99.0 Å². The van der Waals surface area contributed by atoms with Crippen LogP contribution in [-0.2, 0) is 4.79 Å². The number of carboxylic acids is 1. The molecule has 0 radical (unpaired) electrons. The molecule has 1 unspecified atom stereocenters. The summed E-state index contributed by atoms with van der Waals surface area (Å²) in [4.78, 5) is 11.1. The van der Waals surface area contributed by atoms with Crippen LogP contribution in [0.4, 0.5) is 0 Å². The van der Waals surface area contributed by atoms with Gasteiger partial charge in [-0.3, -0.25) is 4.79 Å². The summed E-state index contributed by atoms with van der Waals surface area (Å²) in [7, 11) is 1.53. The van der Waals surface area contributed by atoms with Crippen molar-refractivity contribution in [1.29, 1.82) is 0 Å². The van der Waals surface area contributed by atoms with Gasteiger partial charge in [-0.15, -0.1) is 0 Å². The lowest BCUT2D eigenvalue weighted by Gasteiger charge is -2.13. The second kappa shape index (κ2) is 5.72. The zero-order chi connectivity index (χ0) is 12.1. The quantitative estimate of drug-likeness (QED) is 0.828. The molecule has 0 fully saturated rings. The molecule has 0 aliphatic heterocycles. The number of methoxy groups -OCH3 is 1. The van der Waals surface area contributed by atoms with E-state index in [-0.39, 0.29) is 0 Å². The van der Waals surface area contributed by atoms with Crippen molar-refractivity contribution in [3.8, 4) is 5.75 Å². The molecule has 88 valence electrons. The lowest BCUT2D eigenvalue weighted by Crippen LogP contribution is -2.16. The molecular weight excluding hydrogens is 230 g/mol. The third-order valence-corrected chi connectivity index (χ3v) is 2.66. The average molecular weight is 244 g/mol. The Kier molecular flexibility index (Phi) is 4.58. The number of rotatable bonds is 5. The van der Waals surface area contributed by atoms with Gasteiger partial charge in [-0.2, -0.15) is 0 Å². The fourth-order valence-electron chi connectivity index (χ4n) is 1.50. The van der Waals surface area contributed by atoms with E-state index in [4.69, 9.17) is 27.2 Å². The smallest absolute Gasteiger partial charge is 0.311 e. The van der Waals surface area contributed by atoms with Crippen LogP contribution in [-0.4, -0.2) is 24.7 Å². The summed E-state index contributed by atoms with van der Waals surface area (Å²) in [6, 6.07) is 4.95. The Morgan fingerprint density at radius 2 is 2.31 bits per heavy atom. The highest BCUT2D eigenvalue weighted by molar-refractivity contribution is 6.31. The van der Waals surface area contributed by atoms with Crippen LogP contribution in [0.15, 0.2) is 18.2 Å². The summed E-state index contributed by atoms with van der Waals surface area (Å²) in [5, 5.41) is 9.45. The van der Waals surface area contributed by atoms with E-state index in [1.54, 1.807) is 18.2 Å². The Morgan fingerprint density at radius 3 is 2.75 bits per heavy atom. The standard InChI is InChI=1S/C11H14ClNO3/c1-16-7-2-3-8(10(12)6-7)9(4-5-13)11(14)15/h2-3,6,9H,4-5,13H2,1H3,(H,14,15). The van der Waals surface area contributed by atoms with Crippen LogP contribution in [0.25, 0.3) is 0 Å². The van der Waals surface area contributed by atoms with Crippen LogP contribution < -0.4 is 10.5 Å². The zero-order valence-electron chi connectivity index (χ0n) is 8.94. The highest BCUT2D eigenvalue weighted by atomic mass is 35.5. The molecule has 0 heterocycles. The number of ether oxygens (including phenoxy) is 1. The van der Waals surface area contributed by atoms with E-state index in [0.29, 0.717) is 29.3 Å². The van der Waals surface area contributed by atoms with Crippen molar-refractivity contribution in [3.05, 3.63) is 28.8 Å². The van der Waals surface area contributed by atoms with Crippen molar-refractivity contribution in [2.75, 3.05) is 13.7 Å². The number of carboxylic acid groups (broad SMARTS) is 1. The van der Waals surface area contributed by atoms with E-state index >= 15 is 0 Å². The number of hydrogen-bond donors (Lipinski definition) is 2. The third kappa shape index (κ3) is 2.87. The molecule has 1 aromatic carbocycles. The molecule has 0 saturated heterocycles. The first-order valence-corrected chi connectivity index (χ1v) is 5.24. The first-order chi connectivity index (χ1) is 7.60. The van der Waals surface area contributed by atoms with Crippen molar-refractivity contribution in [2.24, 2.45) is 5.73 Å². The van der Waals surface area contributed by atoms with Gasteiger partial charge in [0, 0.05) is 5.02 Å². The molecule has 1 rings (SSSR count). The highest BCUT2D eigenvalue weighted by Crippen LogP contribution is 2.30. The molecule has 0 aromatic heterocycles. The molecule has 16 heavy (non-hydrogen) atoms. The predicted octanol–water partition coefficient (Wildman–Crippen LogP) is 1.87. The van der Waals surface area contributed by atoms with Crippen molar-refractivity contribution in [1.82, 2.24) is 0 Å². The summed E-state index contributed by atoms with van der Waals surface area (Å²) in [6.45, 7) is 0.305. The minimum Gasteiger partial charge on any atom is -0.497 e. The third-order valence-electron chi connectivity index (χ3n) is 2.34. The molecule has 0 amide bonds. The molecule has 0 aliphatic rings. The van der Waals surface area contributed by atoms with E-state index in [0.717, 1.165) is 0 Å². The Morgan fingerprint density at radius 1 is 1.62 bits per heavy atom. The van der Waals surface area contributed by atoms with Gasteiger partial charge in [-0.05, 0) is 30.7 Å². The number of aliphatic carboxylic acids is 1. The zero-order valence-corrected chi connectivity index (χ0v) is 9.70. The largest absolute Gasteiger partial charge is 0.497 e. The molecule has 5 heteroatoms. The molecule has 1 aromatic rings. The Hall–Kier alpha value is -1.26. The maximum atomic E-state index is 11.1. The summed E-state index contributed by atoms with van der Waals surface area (Å²) in [6.07, 6.45) is 0.362. The second-order valence-corrected chi connectivity index (χ2v) is 3.76. The number of nitrogens with two attached hydrogens (primary N) is 1. The van der Waals surface area contributed by atoms with Crippen molar-refractivity contribution < 1.29 is 14.6 Å². The Bertz CT molecular complexity index is 381. The minimum atomic E-state index is -0.919. The SMILES string of the molecule is COc1ccc(C(CCN)C(=O)O)c(Cl)c1. The first-order valence-electron chi connectivity index (χ1n) is 4.86. The number of benzene rings is 1. The van der Waals surface area contributed by atoms with E-state index in [1.165, 1.54) is 7.11 Å². The number of hydrogen-bond acceptors (Lipinski definition) is 3. The topological polar surface area (TPSA) is 72.5 Å². The fraction of sp³-hybridized carbons (Fsp3) is 0.364. The molecule has 0 saturated carbocycles. The maximum Gasteiger partial charge on any atom is 0.311 e. The molecule has 0 spiro atoms. The minimum absolute atomic E-state index is 0.305. The van der Waals surface area contributed by atoms with Crippen LogP contribution >= 0.6 is 11.6 Å². The van der Waals surface area contributed by atoms with Gasteiger partial charge in [-0.25, -0.2) is 0 Å². The van der Waals surface area contributed by atoms with Gasteiger partial charge < -0.3 is 15.6 Å². The van der Waals surface area contributed by atoms with Crippen molar-refractivity contribution >= 4 is 17.6 Å². The maximum absolute atomic E-state index is 11.1. The highest BCUT2D eigenvalue weighted by Gasteiger charge is 2.21. The van der Waals surface area contributed by atoms with Gasteiger partial charge in [0.2, 0.25) is 0 Å². The normalized spacial score (nSPS) is 12.2. The summed E-state index contributed by atoms with van der Waals surface area (Å²) in [5.41, 5.74) is 5.95. The van der Waals surface area contributed by atoms with Crippen LogP contribution in [0.1, 0.15) is 17.9 Å². The molecule has 3 N–H and O–H groups in total. The van der Waals surface area contributed by atoms with E-state index in [9.17, 15) is 4.79 Å². The van der Waals surface area contributed by atoms with Crippen LogP contribution in [0.5, 0.6) is 5.75 Å². The summed E-state index contributed by atoms with van der Waals surface area (Å²) < 4.78 is 4.99. The van der Waals surface area contributed by atoms with Gasteiger partial charge in [0.15, 0.2) is 0 Å². The summed E-state index contributed by atoms with van der Waals surface area (Å²) in [5.74, 6) is -0.980. The van der Waals surface area contributed by atoms with Crippen molar-refractivity contribution in [2.45, 2.75) is 12.3 Å². The Balaban J connectivity index is 3.05. The lowest BCUT2D eigenvalue weighted by atomic mass is 9.96. The van der Waals surface area contributed by atoms with Crippen molar-refractivity contribution in [3.63, 3.8) is 0 Å². The van der Waals surface area contributed by atoms with Crippen LogP contribution in [0.3, 0.4) is 0 Å². The predicted molar refractivity (Wildman–Crippen MR) is 62.1 cm³/mol. The van der Waals surface area contributed by atoms with E-state index in [1.807, 2.05) is 0 Å². The average Bonchev–Trinajstić information content (AvgIpc) is 2.26. The molecule has 4 nitrogen and oxygen atoms in total. The number of carbonyl (C=O) groups is 1. The molecular formula is C11H14ClNO3. The lowest BCUT2D eigenvalue weighted by molar-refractivity contribution is -0.138. The summed E-state index contributed by atoms with van der Waals surface area (Å²) >= 11 is 6.00. The van der Waals surface area contributed by atoms with Gasteiger partial charge >= 0.3 is 5.97 Å².